The van der Waals surface area contributed by atoms with Crippen LogP contribution in [-0.2, 0) is 4.79 Å². The van der Waals surface area contributed by atoms with Crippen LogP contribution in [0, 0.1) is 13.8 Å². The topological polar surface area (TPSA) is 58.4 Å². The lowest BCUT2D eigenvalue weighted by Gasteiger charge is -2.45. The van der Waals surface area contributed by atoms with Crippen LogP contribution in [0.5, 0.6) is 0 Å². The number of carbonyl (C=O) groups excluding carboxylic acids is 1. The van der Waals surface area contributed by atoms with E-state index in [4.69, 9.17) is 5.73 Å². The SMILES string of the molecule is Cc1ccc(N2CC(C)(C)NC(=O)C2CN)c(C)c1. The van der Waals surface area contributed by atoms with Crippen molar-refractivity contribution in [2.45, 2.75) is 39.3 Å². The normalized spacial score (nSPS) is 22.3. The molecule has 0 bridgehead atoms. The van der Waals surface area contributed by atoms with Crippen LogP contribution in [0.25, 0.3) is 0 Å². The molecule has 0 spiro atoms. The van der Waals surface area contributed by atoms with Crippen molar-refractivity contribution in [2.75, 3.05) is 18.0 Å². The lowest BCUT2D eigenvalue weighted by Crippen LogP contribution is -2.66. The number of rotatable bonds is 2. The van der Waals surface area contributed by atoms with Gasteiger partial charge in [0.15, 0.2) is 0 Å². The lowest BCUT2D eigenvalue weighted by molar-refractivity contribution is -0.125. The number of nitrogens with zero attached hydrogens (tertiary/aromatic N) is 1. The third kappa shape index (κ3) is 2.73. The van der Waals surface area contributed by atoms with Gasteiger partial charge in [-0.05, 0) is 39.3 Å². The van der Waals surface area contributed by atoms with Crippen LogP contribution in [-0.4, -0.2) is 30.6 Å². The second kappa shape index (κ2) is 4.85. The lowest BCUT2D eigenvalue weighted by atomic mass is 9.96. The van der Waals surface area contributed by atoms with Gasteiger partial charge in [0.2, 0.25) is 5.91 Å². The maximum absolute atomic E-state index is 12.2. The Kier molecular flexibility index (Phi) is 3.54. The molecule has 0 aliphatic carbocycles. The molecular formula is C15H23N3O. The molecule has 1 aliphatic heterocycles. The second-order valence-corrected chi connectivity index (χ2v) is 6.04. The van der Waals surface area contributed by atoms with E-state index in [2.05, 4.69) is 42.3 Å². The molecule has 1 aliphatic rings. The average Bonchev–Trinajstić information content (AvgIpc) is 2.26. The van der Waals surface area contributed by atoms with Gasteiger partial charge in [-0.3, -0.25) is 4.79 Å². The van der Waals surface area contributed by atoms with Crippen LogP contribution >= 0.6 is 0 Å². The fraction of sp³-hybridized carbons (Fsp3) is 0.533. The van der Waals surface area contributed by atoms with Gasteiger partial charge >= 0.3 is 0 Å². The van der Waals surface area contributed by atoms with Gasteiger partial charge in [-0.1, -0.05) is 17.7 Å². The summed E-state index contributed by atoms with van der Waals surface area (Å²) in [6, 6.07) is 6.02. The highest BCUT2D eigenvalue weighted by Crippen LogP contribution is 2.27. The summed E-state index contributed by atoms with van der Waals surface area (Å²) in [6.45, 7) is 9.32. The Morgan fingerprint density at radius 3 is 2.68 bits per heavy atom. The van der Waals surface area contributed by atoms with Crippen molar-refractivity contribution in [3.8, 4) is 0 Å². The molecule has 4 heteroatoms. The van der Waals surface area contributed by atoms with Crippen molar-refractivity contribution in [2.24, 2.45) is 5.73 Å². The summed E-state index contributed by atoms with van der Waals surface area (Å²) >= 11 is 0. The molecule has 0 aromatic heterocycles. The molecule has 19 heavy (non-hydrogen) atoms. The highest BCUT2D eigenvalue weighted by molar-refractivity contribution is 5.88. The summed E-state index contributed by atoms with van der Waals surface area (Å²) in [5.41, 5.74) is 9.06. The minimum Gasteiger partial charge on any atom is -0.356 e. The predicted octanol–water partition coefficient (Wildman–Crippen LogP) is 1.35. The van der Waals surface area contributed by atoms with Gasteiger partial charge in [-0.25, -0.2) is 0 Å². The largest absolute Gasteiger partial charge is 0.356 e. The van der Waals surface area contributed by atoms with Crippen molar-refractivity contribution in [3.05, 3.63) is 29.3 Å². The maximum atomic E-state index is 12.2. The van der Waals surface area contributed by atoms with E-state index < -0.39 is 0 Å². The molecule has 1 fully saturated rings. The van der Waals surface area contributed by atoms with Crippen molar-refractivity contribution in [1.29, 1.82) is 0 Å². The molecule has 0 saturated carbocycles. The number of benzene rings is 1. The smallest absolute Gasteiger partial charge is 0.244 e. The molecule has 1 aromatic carbocycles. The fourth-order valence-corrected chi connectivity index (χ4v) is 2.75. The van der Waals surface area contributed by atoms with Gasteiger partial charge in [-0.15, -0.1) is 0 Å². The molecule has 1 atom stereocenters. The van der Waals surface area contributed by atoms with E-state index in [9.17, 15) is 4.79 Å². The average molecular weight is 261 g/mol. The zero-order chi connectivity index (χ0) is 14.2. The van der Waals surface area contributed by atoms with Crippen molar-refractivity contribution in [3.63, 3.8) is 0 Å². The van der Waals surface area contributed by atoms with Gasteiger partial charge in [-0.2, -0.15) is 0 Å². The van der Waals surface area contributed by atoms with Crippen LogP contribution in [0.4, 0.5) is 5.69 Å². The minimum absolute atomic E-state index is 0.0127. The van der Waals surface area contributed by atoms with Crippen LogP contribution in [0.1, 0.15) is 25.0 Å². The first-order valence-electron chi connectivity index (χ1n) is 6.70. The van der Waals surface area contributed by atoms with Gasteiger partial charge in [0, 0.05) is 18.8 Å². The molecule has 3 N–H and O–H groups in total. The summed E-state index contributed by atoms with van der Waals surface area (Å²) in [6.07, 6.45) is 0. The first-order valence-corrected chi connectivity index (χ1v) is 6.70. The van der Waals surface area contributed by atoms with Gasteiger partial charge in [0.1, 0.15) is 6.04 Å². The molecule has 1 amide bonds. The molecule has 0 radical (unpaired) electrons. The van der Waals surface area contributed by atoms with Crippen LogP contribution in [0.15, 0.2) is 18.2 Å². The molecule has 1 heterocycles. The van der Waals surface area contributed by atoms with Gasteiger partial charge < -0.3 is 16.0 Å². The zero-order valence-corrected chi connectivity index (χ0v) is 12.2. The number of hydrogen-bond donors (Lipinski definition) is 2. The van der Waals surface area contributed by atoms with E-state index in [-0.39, 0.29) is 17.5 Å². The Balaban J connectivity index is 2.41. The summed E-state index contributed by atoms with van der Waals surface area (Å²) in [4.78, 5) is 14.3. The highest BCUT2D eigenvalue weighted by atomic mass is 16.2. The third-order valence-corrected chi connectivity index (χ3v) is 3.59. The first kappa shape index (κ1) is 13.9. The van der Waals surface area contributed by atoms with E-state index in [1.54, 1.807) is 0 Å². The van der Waals surface area contributed by atoms with Gasteiger partial charge in [0.25, 0.3) is 0 Å². The third-order valence-electron chi connectivity index (χ3n) is 3.59. The Morgan fingerprint density at radius 1 is 1.42 bits per heavy atom. The van der Waals surface area contributed by atoms with E-state index in [1.807, 2.05) is 13.8 Å². The van der Waals surface area contributed by atoms with E-state index in [0.29, 0.717) is 6.54 Å². The molecular weight excluding hydrogens is 238 g/mol. The number of aryl methyl sites for hydroxylation is 2. The number of hydrogen-bond acceptors (Lipinski definition) is 3. The van der Waals surface area contributed by atoms with Crippen LogP contribution < -0.4 is 16.0 Å². The summed E-state index contributed by atoms with van der Waals surface area (Å²) in [5, 5.41) is 3.03. The van der Waals surface area contributed by atoms with Crippen molar-refractivity contribution >= 4 is 11.6 Å². The molecule has 1 unspecified atom stereocenters. The van der Waals surface area contributed by atoms with Crippen molar-refractivity contribution < 1.29 is 4.79 Å². The zero-order valence-electron chi connectivity index (χ0n) is 12.2. The molecule has 1 aromatic rings. The summed E-state index contributed by atoms with van der Waals surface area (Å²) < 4.78 is 0. The predicted molar refractivity (Wildman–Crippen MR) is 78.3 cm³/mol. The minimum atomic E-state index is -0.283. The molecule has 1 saturated heterocycles. The van der Waals surface area contributed by atoms with E-state index in [1.165, 1.54) is 11.1 Å². The maximum Gasteiger partial charge on any atom is 0.244 e. The summed E-state index contributed by atoms with van der Waals surface area (Å²) in [7, 11) is 0. The number of anilines is 1. The van der Waals surface area contributed by atoms with E-state index >= 15 is 0 Å². The van der Waals surface area contributed by atoms with E-state index in [0.717, 1.165) is 12.2 Å². The van der Waals surface area contributed by atoms with Crippen LogP contribution in [0.2, 0.25) is 0 Å². The second-order valence-electron chi connectivity index (χ2n) is 6.04. The fourth-order valence-electron chi connectivity index (χ4n) is 2.75. The molecule has 4 nitrogen and oxygen atoms in total. The van der Waals surface area contributed by atoms with Crippen molar-refractivity contribution in [1.82, 2.24) is 5.32 Å². The number of piperazine rings is 1. The van der Waals surface area contributed by atoms with Gasteiger partial charge in [0.05, 0.1) is 5.54 Å². The Hall–Kier alpha value is -1.55. The van der Waals surface area contributed by atoms with Crippen LogP contribution in [0.3, 0.4) is 0 Å². The quantitative estimate of drug-likeness (QED) is 0.845. The number of amides is 1. The standard InChI is InChI=1S/C15H23N3O/c1-10-5-6-12(11(2)7-10)18-9-15(3,4)17-14(19)13(18)8-16/h5-7,13H,8-9,16H2,1-4H3,(H,17,19). The Labute approximate surface area is 115 Å². The number of nitrogens with one attached hydrogen (secondary N) is 1. The highest BCUT2D eigenvalue weighted by Gasteiger charge is 2.38. The first-order chi connectivity index (χ1) is 8.84. The Bertz CT molecular complexity index is 496. The summed E-state index contributed by atoms with van der Waals surface area (Å²) in [5.74, 6) is 0.0127. The molecule has 2 rings (SSSR count). The number of carbonyl (C=O) groups is 1. The monoisotopic (exact) mass is 261 g/mol. The Morgan fingerprint density at radius 2 is 2.11 bits per heavy atom. The molecule has 104 valence electrons. The number of nitrogens with two attached hydrogens (primary N) is 1.